The molecule has 1 heterocycles. The van der Waals surface area contributed by atoms with Crippen LogP contribution in [0, 0.1) is 0 Å². The maximum absolute atomic E-state index is 11.5. The average molecular weight is 476 g/mol. The van der Waals surface area contributed by atoms with Gasteiger partial charge in [-0.3, -0.25) is 4.79 Å². The van der Waals surface area contributed by atoms with Gasteiger partial charge in [-0.25, -0.2) is 4.98 Å². The number of halogens is 2. The number of hydrogen-bond donors (Lipinski definition) is 1. The number of imidazole rings is 1. The van der Waals surface area contributed by atoms with Crippen molar-refractivity contribution in [3.63, 3.8) is 0 Å². The number of unbranched alkanes of at least 4 members (excludes halogenated alkanes) is 1. The molecular weight excluding hydrogens is 449 g/mol. The van der Waals surface area contributed by atoms with E-state index >= 15 is 0 Å². The summed E-state index contributed by atoms with van der Waals surface area (Å²) in [5, 5.41) is 3.75. The predicted molar refractivity (Wildman–Crippen MR) is 132 cm³/mol. The van der Waals surface area contributed by atoms with E-state index < -0.39 is 4.84 Å². The lowest BCUT2D eigenvalue weighted by Crippen LogP contribution is -2.29. The quantitative estimate of drug-likeness (QED) is 0.197. The molecule has 31 heavy (non-hydrogen) atoms. The van der Waals surface area contributed by atoms with Crippen molar-refractivity contribution in [2.75, 3.05) is 12.3 Å². The van der Waals surface area contributed by atoms with Gasteiger partial charge in [0.25, 0.3) is 5.91 Å². The first-order valence-corrected chi connectivity index (χ1v) is 12.4. The van der Waals surface area contributed by atoms with Gasteiger partial charge in [-0.15, -0.1) is 0 Å². The number of nitrogens with zero attached hydrogens (tertiary/aromatic N) is 2. The maximum Gasteiger partial charge on any atom is 0.253 e. The number of hydrogen-bond acceptors (Lipinski definition) is 3. The number of carbonyl (C=O) groups is 1. The summed E-state index contributed by atoms with van der Waals surface area (Å²) in [4.78, 5) is 15.6. The summed E-state index contributed by atoms with van der Waals surface area (Å²) in [6, 6.07) is 20.8. The highest BCUT2D eigenvalue weighted by Gasteiger charge is 2.20. The third-order valence-electron chi connectivity index (χ3n) is 4.81. The standard InChI is InChI=1S/C24H27Cl2N3OS/c1-2-3-16-29-21(19-13-8-5-9-14-19)20(18-11-6-4-7-12-18)28-24(29)31-17-10-15-27-23(30)22(25)26/h4-9,11-14,22H,2-3,10,15-17H2,1H3,(H,27,30). The molecule has 1 amide bonds. The number of rotatable bonds is 11. The van der Waals surface area contributed by atoms with Gasteiger partial charge >= 0.3 is 0 Å². The molecule has 0 atom stereocenters. The zero-order chi connectivity index (χ0) is 22.1. The molecule has 0 aliphatic rings. The van der Waals surface area contributed by atoms with E-state index in [1.807, 2.05) is 24.3 Å². The van der Waals surface area contributed by atoms with E-state index in [9.17, 15) is 4.79 Å². The maximum atomic E-state index is 11.5. The Kier molecular flexibility index (Phi) is 9.31. The third-order valence-corrected chi connectivity index (χ3v) is 6.27. The second-order valence-corrected chi connectivity index (χ2v) is 9.28. The highest BCUT2D eigenvalue weighted by molar-refractivity contribution is 7.99. The van der Waals surface area contributed by atoms with Crippen LogP contribution in [0.5, 0.6) is 0 Å². The summed E-state index contributed by atoms with van der Waals surface area (Å²) >= 11 is 12.9. The van der Waals surface area contributed by atoms with Crippen LogP contribution in [-0.2, 0) is 11.3 Å². The molecule has 3 rings (SSSR count). The Balaban J connectivity index is 1.87. The molecule has 2 aromatic carbocycles. The van der Waals surface area contributed by atoms with Crippen LogP contribution >= 0.6 is 35.0 Å². The predicted octanol–water partition coefficient (Wildman–Crippen LogP) is 6.42. The van der Waals surface area contributed by atoms with Gasteiger partial charge in [0.2, 0.25) is 0 Å². The lowest BCUT2D eigenvalue weighted by atomic mass is 10.0. The fourth-order valence-electron chi connectivity index (χ4n) is 3.28. The second-order valence-electron chi connectivity index (χ2n) is 7.12. The van der Waals surface area contributed by atoms with Crippen molar-refractivity contribution in [2.24, 2.45) is 0 Å². The summed E-state index contributed by atoms with van der Waals surface area (Å²) in [5.41, 5.74) is 4.44. The smallest absolute Gasteiger partial charge is 0.253 e. The zero-order valence-electron chi connectivity index (χ0n) is 17.6. The minimum absolute atomic E-state index is 0.351. The van der Waals surface area contributed by atoms with Crippen LogP contribution < -0.4 is 5.32 Å². The van der Waals surface area contributed by atoms with Gasteiger partial charge in [-0.2, -0.15) is 0 Å². The molecule has 0 unspecified atom stereocenters. The Morgan fingerprint density at radius 1 is 1.03 bits per heavy atom. The van der Waals surface area contributed by atoms with Gasteiger partial charge in [0, 0.05) is 30.0 Å². The Labute approximate surface area is 198 Å². The largest absolute Gasteiger partial charge is 0.354 e. The Bertz CT molecular complexity index is 962. The minimum atomic E-state index is -1.03. The van der Waals surface area contributed by atoms with Crippen LogP contribution in [0.4, 0.5) is 0 Å². The highest BCUT2D eigenvalue weighted by atomic mass is 35.5. The van der Waals surface area contributed by atoms with Gasteiger partial charge in [0.15, 0.2) is 9.99 Å². The molecule has 0 radical (unpaired) electrons. The van der Waals surface area contributed by atoms with Crippen LogP contribution in [0.2, 0.25) is 0 Å². The fourth-order valence-corrected chi connectivity index (χ4v) is 4.40. The topological polar surface area (TPSA) is 46.9 Å². The first kappa shape index (κ1) is 23.7. The lowest BCUT2D eigenvalue weighted by Gasteiger charge is -2.13. The molecule has 1 aromatic heterocycles. The fraction of sp³-hybridized carbons (Fsp3) is 0.333. The lowest BCUT2D eigenvalue weighted by molar-refractivity contribution is -0.119. The SMILES string of the molecule is CCCCn1c(SCCCNC(=O)C(Cl)Cl)nc(-c2ccccc2)c1-c1ccccc1. The van der Waals surface area contributed by atoms with Gasteiger partial charge in [-0.1, -0.05) is 109 Å². The Hall–Kier alpha value is -1.95. The molecule has 0 saturated carbocycles. The molecule has 0 aliphatic heterocycles. The number of amides is 1. The number of thioether (sulfide) groups is 1. The number of carbonyl (C=O) groups excluding carboxylic acids is 1. The molecule has 1 N–H and O–H groups in total. The Morgan fingerprint density at radius 2 is 1.68 bits per heavy atom. The van der Waals surface area contributed by atoms with Gasteiger partial charge in [-0.05, 0) is 12.8 Å². The van der Waals surface area contributed by atoms with Gasteiger partial charge in [0.1, 0.15) is 0 Å². The Morgan fingerprint density at radius 3 is 2.29 bits per heavy atom. The molecule has 4 nitrogen and oxygen atoms in total. The number of alkyl halides is 2. The van der Waals surface area contributed by atoms with Crippen LogP contribution in [0.1, 0.15) is 26.2 Å². The van der Waals surface area contributed by atoms with Crippen LogP contribution in [0.15, 0.2) is 65.8 Å². The third kappa shape index (κ3) is 6.52. The summed E-state index contributed by atoms with van der Waals surface area (Å²) < 4.78 is 2.35. The monoisotopic (exact) mass is 475 g/mol. The summed E-state index contributed by atoms with van der Waals surface area (Å²) in [6.45, 7) is 3.65. The molecule has 0 bridgehead atoms. The van der Waals surface area contributed by atoms with E-state index in [-0.39, 0.29) is 5.91 Å². The molecule has 7 heteroatoms. The van der Waals surface area contributed by atoms with Crippen molar-refractivity contribution in [1.82, 2.24) is 14.9 Å². The van der Waals surface area contributed by atoms with E-state index in [0.29, 0.717) is 6.54 Å². The van der Waals surface area contributed by atoms with Crippen molar-refractivity contribution in [3.05, 3.63) is 60.7 Å². The van der Waals surface area contributed by atoms with Crippen molar-refractivity contribution >= 4 is 40.9 Å². The van der Waals surface area contributed by atoms with Crippen LogP contribution in [0.25, 0.3) is 22.5 Å². The van der Waals surface area contributed by atoms with E-state index in [2.05, 4.69) is 53.2 Å². The normalized spacial score (nSPS) is 11.1. The second kappa shape index (κ2) is 12.2. The molecule has 0 fully saturated rings. The van der Waals surface area contributed by atoms with Crippen LogP contribution in [-0.4, -0.2) is 32.6 Å². The first-order valence-electron chi connectivity index (χ1n) is 10.5. The summed E-state index contributed by atoms with van der Waals surface area (Å²) in [6.07, 6.45) is 3.00. The first-order chi connectivity index (χ1) is 15.1. The van der Waals surface area contributed by atoms with Crippen LogP contribution in [0.3, 0.4) is 0 Å². The number of nitrogens with one attached hydrogen (secondary N) is 1. The number of benzene rings is 2. The van der Waals surface area contributed by atoms with Crippen molar-refractivity contribution in [2.45, 2.75) is 42.7 Å². The van der Waals surface area contributed by atoms with Crippen molar-refractivity contribution in [1.29, 1.82) is 0 Å². The van der Waals surface area contributed by atoms with Gasteiger partial charge < -0.3 is 9.88 Å². The number of aromatic nitrogens is 2. The summed E-state index contributed by atoms with van der Waals surface area (Å²) in [7, 11) is 0. The van der Waals surface area contributed by atoms with Gasteiger partial charge in [0.05, 0.1) is 11.4 Å². The van der Waals surface area contributed by atoms with E-state index in [1.165, 1.54) is 5.56 Å². The zero-order valence-corrected chi connectivity index (χ0v) is 19.9. The molecule has 164 valence electrons. The molecule has 0 aliphatic carbocycles. The molecule has 0 spiro atoms. The minimum Gasteiger partial charge on any atom is -0.354 e. The van der Waals surface area contributed by atoms with Crippen molar-refractivity contribution < 1.29 is 4.79 Å². The van der Waals surface area contributed by atoms with E-state index in [1.54, 1.807) is 11.8 Å². The average Bonchev–Trinajstić information content (AvgIpc) is 3.16. The van der Waals surface area contributed by atoms with E-state index in [4.69, 9.17) is 28.2 Å². The molecular formula is C24H27Cl2N3OS. The molecule has 3 aromatic rings. The molecule has 0 saturated heterocycles. The van der Waals surface area contributed by atoms with E-state index in [0.717, 1.165) is 53.7 Å². The summed E-state index contributed by atoms with van der Waals surface area (Å²) in [5.74, 6) is 0.483. The van der Waals surface area contributed by atoms with Crippen molar-refractivity contribution in [3.8, 4) is 22.5 Å². The highest BCUT2D eigenvalue weighted by Crippen LogP contribution is 2.36.